The van der Waals surface area contributed by atoms with Crippen LogP contribution in [0.1, 0.15) is 31.5 Å². The molecule has 132 valence electrons. The predicted molar refractivity (Wildman–Crippen MR) is 92.2 cm³/mol. The number of aryl methyl sites for hydroxylation is 1. The lowest BCUT2D eigenvalue weighted by Crippen LogP contribution is -2.42. The summed E-state index contributed by atoms with van der Waals surface area (Å²) in [5, 5.41) is 9.65. The molecule has 0 saturated carbocycles. The SMILES string of the molecule is O=C(O)[C@@H]1CCCN(C(=O)CCCc2nc3ccccc3c(=O)[nH]2)C1. The first-order valence-electron chi connectivity index (χ1n) is 8.53. The highest BCUT2D eigenvalue weighted by Crippen LogP contribution is 2.18. The number of H-pyrrole nitrogens is 1. The molecule has 1 aliphatic heterocycles. The minimum atomic E-state index is -0.838. The molecule has 1 saturated heterocycles. The van der Waals surface area contributed by atoms with Gasteiger partial charge < -0.3 is 15.0 Å². The number of hydrogen-bond acceptors (Lipinski definition) is 4. The molecule has 1 fully saturated rings. The fourth-order valence-electron chi connectivity index (χ4n) is 3.22. The van der Waals surface area contributed by atoms with Crippen LogP contribution in [0.2, 0.25) is 0 Å². The van der Waals surface area contributed by atoms with E-state index in [9.17, 15) is 14.4 Å². The van der Waals surface area contributed by atoms with Crippen LogP contribution in [0.4, 0.5) is 0 Å². The van der Waals surface area contributed by atoms with Crippen LogP contribution in [0, 0.1) is 5.92 Å². The molecule has 0 unspecified atom stereocenters. The van der Waals surface area contributed by atoms with Crippen LogP contribution in [-0.4, -0.2) is 44.9 Å². The molecule has 25 heavy (non-hydrogen) atoms. The van der Waals surface area contributed by atoms with Crippen molar-refractivity contribution >= 4 is 22.8 Å². The normalized spacial score (nSPS) is 17.6. The summed E-state index contributed by atoms with van der Waals surface area (Å²) in [5.74, 6) is -0.765. The highest BCUT2D eigenvalue weighted by molar-refractivity contribution is 5.78. The van der Waals surface area contributed by atoms with E-state index in [1.54, 1.807) is 23.1 Å². The second kappa shape index (κ2) is 7.46. The van der Waals surface area contributed by atoms with Crippen molar-refractivity contribution < 1.29 is 14.7 Å². The molecule has 1 aromatic heterocycles. The van der Waals surface area contributed by atoms with Crippen LogP contribution in [-0.2, 0) is 16.0 Å². The van der Waals surface area contributed by atoms with E-state index >= 15 is 0 Å². The Morgan fingerprint density at radius 3 is 2.92 bits per heavy atom. The van der Waals surface area contributed by atoms with Crippen molar-refractivity contribution in [2.75, 3.05) is 13.1 Å². The summed E-state index contributed by atoms with van der Waals surface area (Å²) in [4.78, 5) is 44.2. The molecule has 1 amide bonds. The number of fused-ring (bicyclic) bond motifs is 1. The van der Waals surface area contributed by atoms with Crippen LogP contribution in [0.5, 0.6) is 0 Å². The van der Waals surface area contributed by atoms with Gasteiger partial charge in [0, 0.05) is 25.9 Å². The number of aromatic nitrogens is 2. The molecule has 7 heteroatoms. The Bertz CT molecular complexity index is 846. The number of carboxylic acid groups (broad SMARTS) is 1. The molecule has 0 radical (unpaired) electrons. The lowest BCUT2D eigenvalue weighted by atomic mass is 9.98. The van der Waals surface area contributed by atoms with Gasteiger partial charge in [0.15, 0.2) is 0 Å². The van der Waals surface area contributed by atoms with Crippen molar-refractivity contribution in [2.24, 2.45) is 5.92 Å². The largest absolute Gasteiger partial charge is 0.481 e. The second-order valence-corrected chi connectivity index (χ2v) is 6.40. The molecule has 7 nitrogen and oxygen atoms in total. The van der Waals surface area contributed by atoms with Crippen molar-refractivity contribution in [2.45, 2.75) is 32.1 Å². The minimum Gasteiger partial charge on any atom is -0.481 e. The zero-order chi connectivity index (χ0) is 17.8. The third kappa shape index (κ3) is 4.04. The van der Waals surface area contributed by atoms with E-state index in [0.717, 1.165) is 6.42 Å². The summed E-state index contributed by atoms with van der Waals surface area (Å²) in [6, 6.07) is 7.14. The Kier molecular flexibility index (Phi) is 5.11. The van der Waals surface area contributed by atoms with Gasteiger partial charge in [0.2, 0.25) is 5.91 Å². The van der Waals surface area contributed by atoms with Gasteiger partial charge in [-0.3, -0.25) is 14.4 Å². The number of nitrogens with one attached hydrogen (secondary N) is 1. The maximum atomic E-state index is 12.3. The molecule has 1 aliphatic rings. The van der Waals surface area contributed by atoms with E-state index in [1.165, 1.54) is 0 Å². The number of rotatable bonds is 5. The number of amides is 1. The number of para-hydroxylation sites is 1. The van der Waals surface area contributed by atoms with E-state index in [-0.39, 0.29) is 11.5 Å². The Hall–Kier alpha value is -2.70. The molecule has 1 aromatic carbocycles. The van der Waals surface area contributed by atoms with Crippen LogP contribution >= 0.6 is 0 Å². The zero-order valence-electron chi connectivity index (χ0n) is 13.9. The summed E-state index contributed by atoms with van der Waals surface area (Å²) in [5.41, 5.74) is 0.472. The number of carbonyl (C=O) groups excluding carboxylic acids is 1. The number of carbonyl (C=O) groups is 2. The third-order valence-corrected chi connectivity index (χ3v) is 4.59. The summed E-state index contributed by atoms with van der Waals surface area (Å²) >= 11 is 0. The summed E-state index contributed by atoms with van der Waals surface area (Å²) in [6.45, 7) is 0.910. The number of piperidine rings is 1. The van der Waals surface area contributed by atoms with E-state index in [2.05, 4.69) is 9.97 Å². The Morgan fingerprint density at radius 2 is 2.12 bits per heavy atom. The van der Waals surface area contributed by atoms with Crippen molar-refractivity contribution in [1.82, 2.24) is 14.9 Å². The fourth-order valence-corrected chi connectivity index (χ4v) is 3.22. The van der Waals surface area contributed by atoms with Crippen molar-refractivity contribution in [3.63, 3.8) is 0 Å². The van der Waals surface area contributed by atoms with Crippen molar-refractivity contribution in [1.29, 1.82) is 0 Å². The van der Waals surface area contributed by atoms with E-state index in [0.29, 0.717) is 55.5 Å². The van der Waals surface area contributed by atoms with Gasteiger partial charge in [-0.15, -0.1) is 0 Å². The summed E-state index contributed by atoms with van der Waals surface area (Å²) < 4.78 is 0. The topological polar surface area (TPSA) is 103 Å². The molecule has 0 aliphatic carbocycles. The predicted octanol–water partition coefficient (Wildman–Crippen LogP) is 1.57. The molecule has 0 bridgehead atoms. The van der Waals surface area contributed by atoms with Gasteiger partial charge in [0.1, 0.15) is 5.82 Å². The Morgan fingerprint density at radius 1 is 1.32 bits per heavy atom. The first kappa shape index (κ1) is 17.1. The minimum absolute atomic E-state index is 0.0333. The number of hydrogen-bond donors (Lipinski definition) is 2. The van der Waals surface area contributed by atoms with Crippen LogP contribution in [0.15, 0.2) is 29.1 Å². The van der Waals surface area contributed by atoms with Gasteiger partial charge in [0.05, 0.1) is 16.8 Å². The maximum absolute atomic E-state index is 12.3. The fraction of sp³-hybridized carbons (Fsp3) is 0.444. The van der Waals surface area contributed by atoms with E-state index < -0.39 is 11.9 Å². The first-order valence-corrected chi connectivity index (χ1v) is 8.53. The molecular formula is C18H21N3O4. The summed E-state index contributed by atoms with van der Waals surface area (Å²) in [7, 11) is 0. The number of likely N-dealkylation sites (tertiary alicyclic amines) is 1. The number of aromatic amines is 1. The highest BCUT2D eigenvalue weighted by atomic mass is 16.4. The van der Waals surface area contributed by atoms with Gasteiger partial charge in [-0.05, 0) is 31.4 Å². The monoisotopic (exact) mass is 343 g/mol. The molecular weight excluding hydrogens is 322 g/mol. The molecule has 2 heterocycles. The standard InChI is InChI=1S/C18H21N3O4/c22-16(21-10-4-5-12(11-21)18(24)25)9-3-8-15-19-14-7-2-1-6-13(14)17(23)20-15/h1-2,6-7,12H,3-5,8-11H2,(H,24,25)(H,19,20,23)/t12-/m1/s1. The first-order chi connectivity index (χ1) is 12.0. The molecule has 2 N–H and O–H groups in total. The van der Waals surface area contributed by atoms with Gasteiger partial charge in [-0.2, -0.15) is 0 Å². The lowest BCUT2D eigenvalue weighted by molar-refractivity contribution is -0.145. The Balaban J connectivity index is 1.57. The molecule has 3 rings (SSSR count). The average molecular weight is 343 g/mol. The second-order valence-electron chi connectivity index (χ2n) is 6.40. The maximum Gasteiger partial charge on any atom is 0.308 e. The number of carboxylic acids is 1. The third-order valence-electron chi connectivity index (χ3n) is 4.59. The quantitative estimate of drug-likeness (QED) is 0.858. The highest BCUT2D eigenvalue weighted by Gasteiger charge is 2.27. The zero-order valence-corrected chi connectivity index (χ0v) is 13.9. The van der Waals surface area contributed by atoms with Crippen LogP contribution in [0.3, 0.4) is 0 Å². The molecule has 0 spiro atoms. The lowest BCUT2D eigenvalue weighted by Gasteiger charge is -2.30. The van der Waals surface area contributed by atoms with E-state index in [1.807, 2.05) is 6.07 Å². The smallest absolute Gasteiger partial charge is 0.308 e. The Labute approximate surface area is 144 Å². The average Bonchev–Trinajstić information content (AvgIpc) is 2.62. The van der Waals surface area contributed by atoms with E-state index in [4.69, 9.17) is 5.11 Å². The molecule has 1 atom stereocenters. The molecule has 2 aromatic rings. The van der Waals surface area contributed by atoms with Crippen molar-refractivity contribution in [3.05, 3.63) is 40.4 Å². The van der Waals surface area contributed by atoms with Crippen LogP contribution < -0.4 is 5.56 Å². The number of aliphatic carboxylic acids is 1. The number of nitrogens with zero attached hydrogens (tertiary/aromatic N) is 2. The van der Waals surface area contributed by atoms with Gasteiger partial charge in [-0.25, -0.2) is 4.98 Å². The van der Waals surface area contributed by atoms with Gasteiger partial charge in [0.25, 0.3) is 5.56 Å². The van der Waals surface area contributed by atoms with Gasteiger partial charge in [-0.1, -0.05) is 12.1 Å². The summed E-state index contributed by atoms with van der Waals surface area (Å²) in [6.07, 6.45) is 2.74. The van der Waals surface area contributed by atoms with Gasteiger partial charge >= 0.3 is 5.97 Å². The number of benzene rings is 1. The van der Waals surface area contributed by atoms with Crippen LogP contribution in [0.25, 0.3) is 10.9 Å². The van der Waals surface area contributed by atoms with Crippen molar-refractivity contribution in [3.8, 4) is 0 Å².